The molecular weight excluding hydrogens is 404 g/mol. The van der Waals surface area contributed by atoms with Gasteiger partial charge in [0.25, 0.3) is 0 Å². The van der Waals surface area contributed by atoms with Crippen molar-refractivity contribution in [3.05, 3.63) is 89.2 Å². The molecule has 0 aliphatic carbocycles. The molecule has 3 nitrogen and oxygen atoms in total. The van der Waals surface area contributed by atoms with Crippen LogP contribution in [0.1, 0.15) is 38.3 Å². The average molecular weight is 433 g/mol. The molecule has 1 N–H and O–H groups in total. The molecule has 0 fully saturated rings. The van der Waals surface area contributed by atoms with Crippen molar-refractivity contribution in [1.82, 2.24) is 0 Å². The van der Waals surface area contributed by atoms with Crippen molar-refractivity contribution in [2.24, 2.45) is 0 Å². The Morgan fingerprint density at radius 3 is 2.58 bits per heavy atom. The number of carboxylic acids is 1. The number of aryl methyl sites for hydroxylation is 2. The van der Waals surface area contributed by atoms with E-state index in [9.17, 15) is 4.79 Å². The summed E-state index contributed by atoms with van der Waals surface area (Å²) >= 11 is 1.76. The van der Waals surface area contributed by atoms with Crippen molar-refractivity contribution in [2.45, 2.75) is 40.5 Å². The van der Waals surface area contributed by atoms with Gasteiger partial charge in [-0.25, -0.2) is 4.79 Å². The summed E-state index contributed by atoms with van der Waals surface area (Å²) in [6.45, 7) is 8.21. The zero-order chi connectivity index (χ0) is 22.4. The Labute approximate surface area is 188 Å². The Balaban J connectivity index is 2.08. The number of aliphatic carboxylic acids is 1. The highest BCUT2D eigenvalue weighted by molar-refractivity contribution is 7.22. The first-order valence-corrected chi connectivity index (χ1v) is 11.3. The Kier molecular flexibility index (Phi) is 7.48. The normalized spacial score (nSPS) is 12.6. The molecule has 0 aliphatic heterocycles. The van der Waals surface area contributed by atoms with Crippen LogP contribution in [0.4, 0.5) is 0 Å². The van der Waals surface area contributed by atoms with Crippen LogP contribution in [0.2, 0.25) is 0 Å². The summed E-state index contributed by atoms with van der Waals surface area (Å²) in [6.07, 6.45) is 8.21. The fourth-order valence-electron chi connectivity index (χ4n) is 3.35. The second-order valence-corrected chi connectivity index (χ2v) is 8.49. The zero-order valence-electron chi connectivity index (χ0n) is 18.4. The zero-order valence-corrected chi connectivity index (χ0v) is 19.3. The van der Waals surface area contributed by atoms with Gasteiger partial charge in [-0.2, -0.15) is 0 Å². The number of hydrogen-bond donors (Lipinski definition) is 1. The van der Waals surface area contributed by atoms with Crippen LogP contribution in [0.5, 0.6) is 5.75 Å². The predicted molar refractivity (Wildman–Crippen MR) is 131 cm³/mol. The monoisotopic (exact) mass is 432 g/mol. The standard InChI is InChI=1S/C27H28O3S/c1-5-20-9-7-8-10-22(20)27-26(23-15-12-19(4)17-24(23)31-27)30-21(6-2)14-11-18(3)13-16-25(28)29/h7-17H,5-6H2,1-4H3,(H,28,29)/b16-13+,18-11+,21-14+. The number of fused-ring (bicyclic) bond motifs is 1. The minimum Gasteiger partial charge on any atom is -0.478 e. The lowest BCUT2D eigenvalue weighted by Crippen LogP contribution is -1.95. The molecular formula is C27H28O3S. The number of carboxylic acid groups (broad SMARTS) is 1. The molecule has 0 unspecified atom stereocenters. The quantitative estimate of drug-likeness (QED) is 0.225. The van der Waals surface area contributed by atoms with Crippen molar-refractivity contribution in [2.75, 3.05) is 0 Å². The third-order valence-electron chi connectivity index (χ3n) is 5.05. The van der Waals surface area contributed by atoms with E-state index < -0.39 is 5.97 Å². The summed E-state index contributed by atoms with van der Waals surface area (Å²) in [7, 11) is 0. The topological polar surface area (TPSA) is 46.5 Å². The fourth-order valence-corrected chi connectivity index (χ4v) is 4.64. The van der Waals surface area contributed by atoms with Crippen LogP contribution in [0.15, 0.2) is 78.1 Å². The summed E-state index contributed by atoms with van der Waals surface area (Å²) in [5.74, 6) is 0.766. The Hall–Kier alpha value is -3.11. The molecule has 0 radical (unpaired) electrons. The lowest BCUT2D eigenvalue weighted by atomic mass is 10.0. The van der Waals surface area contributed by atoms with E-state index in [0.29, 0.717) is 0 Å². The number of allylic oxidation sites excluding steroid dienone is 5. The van der Waals surface area contributed by atoms with Gasteiger partial charge >= 0.3 is 5.97 Å². The molecule has 0 aliphatic rings. The molecule has 0 spiro atoms. The van der Waals surface area contributed by atoms with E-state index >= 15 is 0 Å². The van der Waals surface area contributed by atoms with Crippen molar-refractivity contribution in [3.8, 4) is 16.2 Å². The van der Waals surface area contributed by atoms with Crippen LogP contribution >= 0.6 is 11.3 Å². The van der Waals surface area contributed by atoms with Gasteiger partial charge < -0.3 is 9.84 Å². The molecule has 3 aromatic rings. The second-order valence-electron chi connectivity index (χ2n) is 7.44. The van der Waals surface area contributed by atoms with Gasteiger partial charge in [0.15, 0.2) is 5.75 Å². The highest BCUT2D eigenvalue weighted by atomic mass is 32.1. The van der Waals surface area contributed by atoms with E-state index in [2.05, 4.69) is 63.2 Å². The fraction of sp³-hybridized carbons (Fsp3) is 0.222. The van der Waals surface area contributed by atoms with E-state index in [1.165, 1.54) is 21.4 Å². The van der Waals surface area contributed by atoms with Crippen LogP contribution in [0, 0.1) is 6.92 Å². The van der Waals surface area contributed by atoms with Gasteiger partial charge in [0, 0.05) is 22.6 Å². The third-order valence-corrected chi connectivity index (χ3v) is 6.21. The van der Waals surface area contributed by atoms with Crippen molar-refractivity contribution < 1.29 is 14.6 Å². The lowest BCUT2D eigenvalue weighted by Gasteiger charge is -2.12. The first-order chi connectivity index (χ1) is 14.9. The first kappa shape index (κ1) is 22.6. The van der Waals surface area contributed by atoms with E-state index in [4.69, 9.17) is 9.84 Å². The molecule has 0 amide bonds. The second kappa shape index (κ2) is 10.3. The van der Waals surface area contributed by atoms with E-state index in [0.717, 1.165) is 46.3 Å². The summed E-state index contributed by atoms with van der Waals surface area (Å²) in [5, 5.41) is 9.92. The highest BCUT2D eigenvalue weighted by Crippen LogP contribution is 2.46. The smallest absolute Gasteiger partial charge is 0.328 e. The molecule has 0 bridgehead atoms. The number of carbonyl (C=O) groups is 1. The van der Waals surface area contributed by atoms with Crippen LogP contribution < -0.4 is 4.74 Å². The van der Waals surface area contributed by atoms with Gasteiger partial charge in [0.05, 0.1) is 4.88 Å². The van der Waals surface area contributed by atoms with Crippen LogP contribution in [-0.4, -0.2) is 11.1 Å². The van der Waals surface area contributed by atoms with Gasteiger partial charge in [-0.05, 0) is 55.2 Å². The number of hydrogen-bond acceptors (Lipinski definition) is 3. The molecule has 31 heavy (non-hydrogen) atoms. The van der Waals surface area contributed by atoms with E-state index in [1.807, 2.05) is 19.1 Å². The number of ether oxygens (including phenoxy) is 1. The minimum absolute atomic E-state index is 0.727. The van der Waals surface area contributed by atoms with Crippen molar-refractivity contribution >= 4 is 27.4 Å². The molecule has 0 saturated heterocycles. The largest absolute Gasteiger partial charge is 0.478 e. The SMILES string of the molecule is CC\C(=C/C=C(C)/C=C/C(=O)O)Oc1c(-c2ccccc2CC)sc2cc(C)ccc12. The maximum Gasteiger partial charge on any atom is 0.328 e. The number of benzene rings is 2. The van der Waals surface area contributed by atoms with Gasteiger partial charge in [-0.15, -0.1) is 11.3 Å². The molecule has 1 heterocycles. The summed E-state index contributed by atoms with van der Waals surface area (Å²) in [4.78, 5) is 11.9. The highest BCUT2D eigenvalue weighted by Gasteiger charge is 2.18. The number of thiophene rings is 1. The van der Waals surface area contributed by atoms with Gasteiger partial charge in [-0.1, -0.05) is 61.9 Å². The van der Waals surface area contributed by atoms with Crippen molar-refractivity contribution in [1.29, 1.82) is 0 Å². The van der Waals surface area contributed by atoms with E-state index in [1.54, 1.807) is 17.4 Å². The predicted octanol–water partition coefficient (Wildman–Crippen LogP) is 7.70. The van der Waals surface area contributed by atoms with Crippen LogP contribution in [-0.2, 0) is 11.2 Å². The van der Waals surface area contributed by atoms with Gasteiger partial charge in [0.2, 0.25) is 0 Å². The molecule has 0 atom stereocenters. The van der Waals surface area contributed by atoms with Crippen LogP contribution in [0.25, 0.3) is 20.5 Å². The number of rotatable bonds is 8. The van der Waals surface area contributed by atoms with Crippen LogP contribution in [0.3, 0.4) is 0 Å². The van der Waals surface area contributed by atoms with Crippen molar-refractivity contribution in [3.63, 3.8) is 0 Å². The van der Waals surface area contributed by atoms with E-state index in [-0.39, 0.29) is 0 Å². The van der Waals surface area contributed by atoms with Gasteiger partial charge in [0.1, 0.15) is 5.76 Å². The maximum atomic E-state index is 10.7. The molecule has 1 aromatic heterocycles. The molecule has 3 rings (SSSR count). The van der Waals surface area contributed by atoms with Gasteiger partial charge in [-0.3, -0.25) is 0 Å². The summed E-state index contributed by atoms with van der Waals surface area (Å²) in [5.41, 5.74) is 4.59. The minimum atomic E-state index is -0.956. The first-order valence-electron chi connectivity index (χ1n) is 10.5. The Bertz CT molecular complexity index is 1180. The lowest BCUT2D eigenvalue weighted by molar-refractivity contribution is -0.131. The third kappa shape index (κ3) is 5.53. The summed E-state index contributed by atoms with van der Waals surface area (Å²) in [6, 6.07) is 15.0. The molecule has 0 saturated carbocycles. The summed E-state index contributed by atoms with van der Waals surface area (Å²) < 4.78 is 7.72. The Morgan fingerprint density at radius 2 is 1.87 bits per heavy atom. The molecule has 2 aromatic carbocycles. The maximum absolute atomic E-state index is 10.7. The molecule has 160 valence electrons. The Morgan fingerprint density at radius 1 is 1.10 bits per heavy atom. The average Bonchev–Trinajstić information content (AvgIpc) is 3.11. The molecule has 4 heteroatoms.